The number of hydrogen-bond acceptors (Lipinski definition) is 4. The van der Waals surface area contributed by atoms with Crippen LogP contribution in [0.25, 0.3) is 6.08 Å². The molecule has 0 aliphatic rings. The van der Waals surface area contributed by atoms with Gasteiger partial charge in [-0.2, -0.15) is 0 Å². The Kier molecular flexibility index (Phi) is 9.02. The molecule has 6 heteroatoms. The zero-order valence-electron chi connectivity index (χ0n) is 17.0. The van der Waals surface area contributed by atoms with Gasteiger partial charge in [0.15, 0.2) is 0 Å². The van der Waals surface area contributed by atoms with Crippen molar-refractivity contribution in [3.8, 4) is 5.75 Å². The predicted octanol–water partition coefficient (Wildman–Crippen LogP) is 5.91. The predicted molar refractivity (Wildman–Crippen MR) is 119 cm³/mol. The van der Waals surface area contributed by atoms with Gasteiger partial charge in [0.1, 0.15) is 24.2 Å². The highest BCUT2D eigenvalue weighted by molar-refractivity contribution is 6.32. The van der Waals surface area contributed by atoms with E-state index in [2.05, 4.69) is 54.6 Å². The quantitative estimate of drug-likeness (QED) is 0.497. The molecule has 0 heterocycles. The molecule has 0 saturated carbocycles. The van der Waals surface area contributed by atoms with Crippen molar-refractivity contribution in [3.05, 3.63) is 70.3 Å². The standard InChI is InChI=1S/C23H27Cl2NO3/c1-23(2,3)19-9-6-17(7-10-19)16-28-20-11-8-18(21(24)15-20)5-4-13-26-14-12-22(27)29-25/h4-11,15,26H,12-14,16H2,1-3H3/b5-4+. The highest BCUT2D eigenvalue weighted by Gasteiger charge is 2.12. The molecule has 1 N–H and O–H groups in total. The number of hydrogen-bond donors (Lipinski definition) is 1. The summed E-state index contributed by atoms with van der Waals surface area (Å²) < 4.78 is 9.93. The number of carbonyl (C=O) groups is 1. The normalized spacial score (nSPS) is 11.6. The third-order valence-electron chi connectivity index (χ3n) is 4.35. The Hall–Kier alpha value is -2.01. The molecule has 0 aliphatic heterocycles. The molecule has 0 spiro atoms. The van der Waals surface area contributed by atoms with Crippen LogP contribution < -0.4 is 10.1 Å². The van der Waals surface area contributed by atoms with Crippen LogP contribution in [0.1, 0.15) is 43.9 Å². The van der Waals surface area contributed by atoms with Crippen LogP contribution in [0.3, 0.4) is 0 Å². The number of ether oxygens (including phenoxy) is 1. The molecule has 0 fully saturated rings. The molecule has 2 aromatic rings. The maximum atomic E-state index is 10.9. The maximum Gasteiger partial charge on any atom is 0.326 e. The number of rotatable bonds is 9. The lowest BCUT2D eigenvalue weighted by molar-refractivity contribution is -0.133. The van der Waals surface area contributed by atoms with Crippen LogP contribution in [0, 0.1) is 0 Å². The first-order valence-corrected chi connectivity index (χ1v) is 10.2. The molecule has 29 heavy (non-hydrogen) atoms. The average molecular weight is 436 g/mol. The molecule has 0 unspecified atom stereocenters. The molecule has 0 aliphatic carbocycles. The molecule has 2 rings (SSSR count). The highest BCUT2D eigenvalue weighted by atomic mass is 35.5. The summed E-state index contributed by atoms with van der Waals surface area (Å²) in [6.07, 6.45) is 4.08. The summed E-state index contributed by atoms with van der Waals surface area (Å²) in [5, 5.41) is 3.71. The third-order valence-corrected chi connectivity index (χ3v) is 4.85. The van der Waals surface area contributed by atoms with Gasteiger partial charge >= 0.3 is 5.97 Å². The van der Waals surface area contributed by atoms with Gasteiger partial charge in [-0.05, 0) is 40.3 Å². The lowest BCUT2D eigenvalue weighted by Crippen LogP contribution is -2.18. The zero-order chi connectivity index (χ0) is 21.3. The monoisotopic (exact) mass is 435 g/mol. The maximum absolute atomic E-state index is 10.9. The van der Waals surface area contributed by atoms with E-state index >= 15 is 0 Å². The molecule has 0 atom stereocenters. The Morgan fingerprint density at radius 3 is 2.48 bits per heavy atom. The molecule has 2 aromatic carbocycles. The van der Waals surface area contributed by atoms with Crippen molar-refractivity contribution >= 4 is 35.5 Å². The van der Waals surface area contributed by atoms with Gasteiger partial charge in [-0.25, -0.2) is 0 Å². The summed E-state index contributed by atoms with van der Waals surface area (Å²) in [4.78, 5) is 10.9. The average Bonchev–Trinajstić information content (AvgIpc) is 2.69. The van der Waals surface area contributed by atoms with Crippen molar-refractivity contribution < 1.29 is 13.8 Å². The minimum Gasteiger partial charge on any atom is -0.489 e. The van der Waals surface area contributed by atoms with Gasteiger partial charge in [-0.15, -0.1) is 0 Å². The van der Waals surface area contributed by atoms with Gasteiger partial charge in [-0.3, -0.25) is 4.79 Å². The molecule has 0 aromatic heterocycles. The Bertz CT molecular complexity index is 827. The van der Waals surface area contributed by atoms with Crippen LogP contribution in [0.15, 0.2) is 48.5 Å². The summed E-state index contributed by atoms with van der Waals surface area (Å²) in [5.74, 6) is 0.275. The van der Waals surface area contributed by atoms with Crippen molar-refractivity contribution in [1.82, 2.24) is 5.32 Å². The van der Waals surface area contributed by atoms with Crippen molar-refractivity contribution in [2.75, 3.05) is 13.1 Å². The largest absolute Gasteiger partial charge is 0.489 e. The van der Waals surface area contributed by atoms with Gasteiger partial charge in [0.25, 0.3) is 0 Å². The number of halogens is 2. The highest BCUT2D eigenvalue weighted by Crippen LogP contribution is 2.25. The Morgan fingerprint density at radius 1 is 1.14 bits per heavy atom. The second-order valence-corrected chi connectivity index (χ2v) is 8.29. The van der Waals surface area contributed by atoms with E-state index in [1.165, 1.54) is 5.56 Å². The molecule has 0 radical (unpaired) electrons. The van der Waals surface area contributed by atoms with Gasteiger partial charge < -0.3 is 14.3 Å². The first-order chi connectivity index (χ1) is 13.8. The van der Waals surface area contributed by atoms with E-state index in [-0.39, 0.29) is 11.8 Å². The van der Waals surface area contributed by atoms with E-state index in [0.717, 1.165) is 16.9 Å². The summed E-state index contributed by atoms with van der Waals surface area (Å²) in [5.41, 5.74) is 3.45. The van der Waals surface area contributed by atoms with Crippen molar-refractivity contribution in [2.24, 2.45) is 0 Å². The fourth-order valence-electron chi connectivity index (χ4n) is 2.60. The first-order valence-electron chi connectivity index (χ1n) is 9.50. The number of nitrogens with one attached hydrogen (secondary N) is 1. The minimum absolute atomic E-state index is 0.141. The van der Waals surface area contributed by atoms with E-state index in [0.29, 0.717) is 24.7 Å². The summed E-state index contributed by atoms with van der Waals surface area (Å²) in [6, 6.07) is 14.1. The molecule has 156 valence electrons. The zero-order valence-corrected chi connectivity index (χ0v) is 18.5. The SMILES string of the molecule is CC(C)(C)c1ccc(COc2ccc(/C=C/CNCCC(=O)OCl)c(Cl)c2)cc1. The van der Waals surface area contributed by atoms with Gasteiger partial charge in [0, 0.05) is 13.1 Å². The van der Waals surface area contributed by atoms with Crippen LogP contribution in [0.5, 0.6) is 5.75 Å². The number of carbonyl (C=O) groups excluding carboxylic acids is 1. The molecule has 0 amide bonds. The first kappa shape index (κ1) is 23.3. The number of benzene rings is 2. The van der Waals surface area contributed by atoms with Gasteiger partial charge in [0.05, 0.1) is 11.4 Å². The second-order valence-electron chi connectivity index (χ2n) is 7.72. The fraction of sp³-hybridized carbons (Fsp3) is 0.348. The summed E-state index contributed by atoms with van der Waals surface area (Å²) in [6.45, 7) is 8.19. The summed E-state index contributed by atoms with van der Waals surface area (Å²) >= 11 is 11.3. The molecule has 4 nitrogen and oxygen atoms in total. The van der Waals surface area contributed by atoms with E-state index in [9.17, 15) is 4.79 Å². The van der Waals surface area contributed by atoms with Crippen LogP contribution in [0.4, 0.5) is 0 Å². The lowest BCUT2D eigenvalue weighted by atomic mass is 9.87. The van der Waals surface area contributed by atoms with E-state index in [1.807, 2.05) is 30.4 Å². The molecule has 0 saturated heterocycles. The van der Waals surface area contributed by atoms with E-state index < -0.39 is 5.97 Å². The van der Waals surface area contributed by atoms with Crippen LogP contribution in [-0.2, 0) is 21.1 Å². The van der Waals surface area contributed by atoms with Crippen molar-refractivity contribution in [2.45, 2.75) is 39.2 Å². The smallest absolute Gasteiger partial charge is 0.326 e. The Balaban J connectivity index is 1.83. The lowest BCUT2D eigenvalue weighted by Gasteiger charge is -2.19. The third kappa shape index (κ3) is 8.09. The van der Waals surface area contributed by atoms with Crippen LogP contribution in [-0.4, -0.2) is 19.1 Å². The van der Waals surface area contributed by atoms with Crippen molar-refractivity contribution in [1.29, 1.82) is 0 Å². The molecule has 0 bridgehead atoms. The Labute approximate surface area is 183 Å². The van der Waals surface area contributed by atoms with Crippen LogP contribution in [0.2, 0.25) is 5.02 Å². The van der Waals surface area contributed by atoms with Crippen molar-refractivity contribution in [3.63, 3.8) is 0 Å². The topological polar surface area (TPSA) is 47.6 Å². The second kappa shape index (κ2) is 11.2. The Morgan fingerprint density at radius 2 is 1.86 bits per heavy atom. The van der Waals surface area contributed by atoms with Gasteiger partial charge in [-0.1, -0.05) is 68.8 Å². The molecular formula is C23H27Cl2NO3. The molecular weight excluding hydrogens is 409 g/mol. The summed E-state index contributed by atoms with van der Waals surface area (Å²) in [7, 11) is 0. The minimum atomic E-state index is -0.452. The van der Waals surface area contributed by atoms with Gasteiger partial charge in [0.2, 0.25) is 0 Å². The van der Waals surface area contributed by atoms with E-state index in [1.54, 1.807) is 0 Å². The van der Waals surface area contributed by atoms with E-state index in [4.69, 9.17) is 28.2 Å². The van der Waals surface area contributed by atoms with Crippen LogP contribution >= 0.6 is 23.5 Å². The fourth-order valence-corrected chi connectivity index (χ4v) is 2.91.